The first kappa shape index (κ1) is 11.5. The van der Waals surface area contributed by atoms with E-state index in [0.29, 0.717) is 27.5 Å². The Labute approximate surface area is 112 Å². The number of aromatic hydroxyl groups is 1. The first-order valence-electron chi connectivity index (χ1n) is 5.43. The van der Waals surface area contributed by atoms with Crippen molar-refractivity contribution in [3.8, 4) is 28.5 Å². The smallest absolute Gasteiger partial charge is 0.214 e. The van der Waals surface area contributed by atoms with Crippen LogP contribution in [0.4, 0.5) is 0 Å². The van der Waals surface area contributed by atoms with Crippen LogP contribution in [-0.4, -0.2) is 30.2 Å². The number of hydrogen-bond donors (Lipinski definition) is 4. The normalized spacial score (nSPS) is 10.7. The molecule has 0 unspecified atom stereocenters. The maximum Gasteiger partial charge on any atom is 0.214 e. The van der Waals surface area contributed by atoms with Gasteiger partial charge in [0, 0.05) is 5.56 Å². The average Bonchev–Trinajstić information content (AvgIpc) is 2.99. The van der Waals surface area contributed by atoms with E-state index in [1.807, 2.05) is 6.07 Å². The summed E-state index contributed by atoms with van der Waals surface area (Å²) >= 11 is 4.94. The zero-order valence-electron chi connectivity index (χ0n) is 9.66. The van der Waals surface area contributed by atoms with Gasteiger partial charge in [-0.15, -0.1) is 0 Å². The third-order valence-electron chi connectivity index (χ3n) is 2.70. The number of hydrogen-bond acceptors (Lipinski definition) is 5. The average molecular weight is 274 g/mol. The van der Waals surface area contributed by atoms with Gasteiger partial charge in [0.25, 0.3) is 0 Å². The Morgan fingerprint density at radius 3 is 2.68 bits per heavy atom. The molecule has 0 atom stereocenters. The molecule has 0 aliphatic heterocycles. The summed E-state index contributed by atoms with van der Waals surface area (Å²) in [5, 5.41) is 23.3. The van der Waals surface area contributed by atoms with Crippen molar-refractivity contribution in [2.75, 3.05) is 5.84 Å². The number of nitrogens with two attached hydrogens (primary N) is 1. The van der Waals surface area contributed by atoms with Crippen LogP contribution < -0.4 is 5.84 Å². The molecule has 2 aromatic heterocycles. The van der Waals surface area contributed by atoms with Gasteiger partial charge in [0.2, 0.25) is 4.77 Å². The second-order valence-electron chi connectivity index (χ2n) is 3.91. The number of phenolic OH excluding ortho intramolecular Hbond substituents is 1. The topological polar surface area (TPSA) is 109 Å². The number of phenols is 1. The van der Waals surface area contributed by atoms with Crippen LogP contribution in [0.3, 0.4) is 0 Å². The first-order chi connectivity index (χ1) is 9.16. The molecule has 0 saturated heterocycles. The zero-order valence-corrected chi connectivity index (χ0v) is 10.5. The number of nitrogens with zero attached hydrogens (tertiary/aromatic N) is 3. The summed E-state index contributed by atoms with van der Waals surface area (Å²) in [5.74, 6) is 6.34. The van der Waals surface area contributed by atoms with E-state index in [1.54, 1.807) is 24.3 Å². The van der Waals surface area contributed by atoms with Crippen LogP contribution in [0.2, 0.25) is 0 Å². The van der Waals surface area contributed by atoms with Crippen LogP contribution in [0.5, 0.6) is 5.75 Å². The van der Waals surface area contributed by atoms with Crippen LogP contribution in [0.25, 0.3) is 22.8 Å². The Kier molecular flexibility index (Phi) is 2.57. The molecule has 0 aliphatic carbocycles. The minimum Gasteiger partial charge on any atom is -0.507 e. The van der Waals surface area contributed by atoms with E-state index < -0.39 is 0 Å². The van der Waals surface area contributed by atoms with Gasteiger partial charge in [0.15, 0.2) is 5.82 Å². The van der Waals surface area contributed by atoms with Gasteiger partial charge >= 0.3 is 0 Å². The molecule has 1 aromatic carbocycles. The Hall–Kier alpha value is -2.61. The molecular formula is C11H10N6OS. The van der Waals surface area contributed by atoms with E-state index in [0.717, 1.165) is 0 Å². The van der Waals surface area contributed by atoms with E-state index >= 15 is 0 Å². The largest absolute Gasteiger partial charge is 0.507 e. The number of H-pyrrole nitrogens is 2. The number of aromatic amines is 2. The SMILES string of the molecule is Nn1c(-c2cc(-c3ccccc3O)n[nH]2)n[nH]c1=S. The molecular weight excluding hydrogens is 264 g/mol. The molecule has 7 nitrogen and oxygen atoms in total. The van der Waals surface area contributed by atoms with Crippen molar-refractivity contribution in [1.82, 2.24) is 25.1 Å². The summed E-state index contributed by atoms with van der Waals surface area (Å²) in [7, 11) is 0. The second kappa shape index (κ2) is 4.25. The van der Waals surface area contributed by atoms with E-state index in [1.165, 1.54) is 4.68 Å². The highest BCUT2D eigenvalue weighted by molar-refractivity contribution is 7.71. The van der Waals surface area contributed by atoms with Gasteiger partial charge in [-0.05, 0) is 30.4 Å². The third kappa shape index (κ3) is 1.87. The lowest BCUT2D eigenvalue weighted by Gasteiger charge is -1.98. The second-order valence-corrected chi connectivity index (χ2v) is 4.29. The molecule has 96 valence electrons. The van der Waals surface area contributed by atoms with Gasteiger partial charge < -0.3 is 10.9 Å². The van der Waals surface area contributed by atoms with Crippen LogP contribution in [0, 0.1) is 4.77 Å². The van der Waals surface area contributed by atoms with Crippen molar-refractivity contribution in [3.63, 3.8) is 0 Å². The molecule has 0 fully saturated rings. The minimum absolute atomic E-state index is 0.159. The first-order valence-corrected chi connectivity index (χ1v) is 5.84. The monoisotopic (exact) mass is 274 g/mol. The molecule has 0 spiro atoms. The van der Waals surface area contributed by atoms with Crippen molar-refractivity contribution >= 4 is 12.2 Å². The number of para-hydroxylation sites is 1. The van der Waals surface area contributed by atoms with Crippen molar-refractivity contribution in [2.45, 2.75) is 0 Å². The molecule has 0 saturated carbocycles. The maximum absolute atomic E-state index is 9.78. The molecule has 19 heavy (non-hydrogen) atoms. The number of aromatic nitrogens is 5. The lowest BCUT2D eigenvalue weighted by atomic mass is 10.1. The van der Waals surface area contributed by atoms with E-state index in [2.05, 4.69) is 20.4 Å². The molecule has 0 amide bonds. The molecule has 3 aromatic rings. The molecule has 0 aliphatic rings. The summed E-state index contributed by atoms with van der Waals surface area (Å²) in [6.07, 6.45) is 0. The van der Waals surface area contributed by atoms with Crippen LogP contribution >= 0.6 is 12.2 Å². The van der Waals surface area contributed by atoms with Crippen LogP contribution in [0.15, 0.2) is 30.3 Å². The van der Waals surface area contributed by atoms with Crippen LogP contribution in [-0.2, 0) is 0 Å². The number of nitrogen functional groups attached to an aromatic ring is 1. The van der Waals surface area contributed by atoms with Crippen LogP contribution in [0.1, 0.15) is 0 Å². The molecule has 8 heteroatoms. The molecule has 3 rings (SSSR count). The van der Waals surface area contributed by atoms with Crippen molar-refractivity contribution in [1.29, 1.82) is 0 Å². The van der Waals surface area contributed by atoms with E-state index in [4.69, 9.17) is 18.1 Å². The summed E-state index contributed by atoms with van der Waals surface area (Å²) in [6.45, 7) is 0. The van der Waals surface area contributed by atoms with Gasteiger partial charge in [-0.2, -0.15) is 10.2 Å². The highest BCUT2D eigenvalue weighted by atomic mass is 32.1. The van der Waals surface area contributed by atoms with Gasteiger partial charge in [-0.3, -0.25) is 5.10 Å². The molecule has 0 bridgehead atoms. The maximum atomic E-state index is 9.78. The molecule has 2 heterocycles. The number of benzene rings is 1. The molecule has 0 radical (unpaired) electrons. The van der Waals surface area contributed by atoms with E-state index in [9.17, 15) is 5.11 Å². The highest BCUT2D eigenvalue weighted by Gasteiger charge is 2.12. The lowest BCUT2D eigenvalue weighted by Crippen LogP contribution is -2.09. The number of nitrogens with one attached hydrogen (secondary N) is 2. The quantitative estimate of drug-likeness (QED) is 0.417. The Bertz CT molecular complexity index is 786. The fraction of sp³-hybridized carbons (Fsp3) is 0. The van der Waals surface area contributed by atoms with Gasteiger partial charge in [0.1, 0.15) is 11.4 Å². The Morgan fingerprint density at radius 2 is 2.00 bits per heavy atom. The fourth-order valence-electron chi connectivity index (χ4n) is 1.76. The number of rotatable bonds is 2. The summed E-state index contributed by atoms with van der Waals surface area (Å²) in [6, 6.07) is 8.68. The standard InChI is InChI=1S/C11H10N6OS/c12-17-10(15-16-11(17)19)8-5-7(13-14-8)6-3-1-2-4-9(6)18/h1-5,18H,12H2,(H,13,14)(H,16,19). The predicted octanol–water partition coefficient (Wildman–Crippen LogP) is 1.42. The summed E-state index contributed by atoms with van der Waals surface area (Å²) < 4.78 is 1.56. The summed E-state index contributed by atoms with van der Waals surface area (Å²) in [4.78, 5) is 0. The van der Waals surface area contributed by atoms with E-state index in [-0.39, 0.29) is 5.75 Å². The highest BCUT2D eigenvalue weighted by Crippen LogP contribution is 2.28. The lowest BCUT2D eigenvalue weighted by molar-refractivity contribution is 0.477. The van der Waals surface area contributed by atoms with Gasteiger partial charge in [-0.25, -0.2) is 9.77 Å². The van der Waals surface area contributed by atoms with Crippen molar-refractivity contribution in [2.24, 2.45) is 0 Å². The Morgan fingerprint density at radius 1 is 1.21 bits per heavy atom. The van der Waals surface area contributed by atoms with Crippen molar-refractivity contribution < 1.29 is 5.11 Å². The van der Waals surface area contributed by atoms with Gasteiger partial charge in [0.05, 0.1) is 5.69 Å². The minimum atomic E-state index is 0.159. The van der Waals surface area contributed by atoms with Gasteiger partial charge in [-0.1, -0.05) is 12.1 Å². The third-order valence-corrected chi connectivity index (χ3v) is 2.99. The predicted molar refractivity (Wildman–Crippen MR) is 72.2 cm³/mol. The Balaban J connectivity index is 2.08. The zero-order chi connectivity index (χ0) is 13.4. The van der Waals surface area contributed by atoms with Crippen molar-refractivity contribution in [3.05, 3.63) is 35.1 Å². The molecule has 5 N–H and O–H groups in total. The summed E-state index contributed by atoms with van der Waals surface area (Å²) in [5.41, 5.74) is 1.83. The fourth-order valence-corrected chi connectivity index (χ4v) is 1.89.